The summed E-state index contributed by atoms with van der Waals surface area (Å²) in [7, 11) is 0. The summed E-state index contributed by atoms with van der Waals surface area (Å²) in [6.07, 6.45) is 3.79. The van der Waals surface area contributed by atoms with Crippen LogP contribution in [0.5, 0.6) is 0 Å². The molecule has 1 aliphatic rings. The second-order valence-electron chi connectivity index (χ2n) is 6.24. The van der Waals surface area contributed by atoms with Gasteiger partial charge in [0.05, 0.1) is 15.2 Å². The predicted molar refractivity (Wildman–Crippen MR) is 83.4 cm³/mol. The van der Waals surface area contributed by atoms with Crippen LogP contribution in [-0.2, 0) is 0 Å². The molecule has 1 nitrogen and oxygen atoms in total. The van der Waals surface area contributed by atoms with Crippen molar-refractivity contribution in [3.05, 3.63) is 27.7 Å². The summed E-state index contributed by atoms with van der Waals surface area (Å²) in [6, 6.07) is 6.53. The third-order valence-corrected chi connectivity index (χ3v) is 5.38. The first-order valence-electron chi connectivity index (χ1n) is 6.59. The van der Waals surface area contributed by atoms with Gasteiger partial charge in [0, 0.05) is 6.04 Å². The topological polar surface area (TPSA) is 12.0 Å². The summed E-state index contributed by atoms with van der Waals surface area (Å²) in [5.74, 6) is 0.694. The molecule has 0 spiro atoms. The van der Waals surface area contributed by atoms with Gasteiger partial charge in [0.15, 0.2) is 0 Å². The summed E-state index contributed by atoms with van der Waals surface area (Å²) in [6.45, 7) is 7.08. The predicted octanol–water partition coefficient (Wildman–Crippen LogP) is 5.73. The van der Waals surface area contributed by atoms with E-state index in [0.717, 1.165) is 15.2 Å². The van der Waals surface area contributed by atoms with Crippen molar-refractivity contribution >= 4 is 33.2 Å². The van der Waals surface area contributed by atoms with Gasteiger partial charge in [-0.1, -0.05) is 38.4 Å². The van der Waals surface area contributed by atoms with Gasteiger partial charge in [0.2, 0.25) is 0 Å². The van der Waals surface area contributed by atoms with Crippen molar-refractivity contribution in [2.75, 3.05) is 5.32 Å². The maximum absolute atomic E-state index is 6.13. The Hall–Kier alpha value is -0.210. The van der Waals surface area contributed by atoms with Crippen LogP contribution in [0.3, 0.4) is 0 Å². The minimum absolute atomic E-state index is 0.489. The molecule has 1 N–H and O–H groups in total. The highest BCUT2D eigenvalue weighted by Gasteiger charge is 2.32. The van der Waals surface area contributed by atoms with Crippen LogP contribution in [0.15, 0.2) is 22.7 Å². The summed E-state index contributed by atoms with van der Waals surface area (Å²) in [5, 5.41) is 4.41. The lowest BCUT2D eigenvalue weighted by molar-refractivity contribution is 0.177. The van der Waals surface area contributed by atoms with Crippen molar-refractivity contribution in [3.63, 3.8) is 0 Å². The minimum atomic E-state index is 0.489. The third kappa shape index (κ3) is 3.21. The van der Waals surface area contributed by atoms with Crippen LogP contribution in [-0.4, -0.2) is 6.04 Å². The molecule has 0 amide bonds. The van der Waals surface area contributed by atoms with Gasteiger partial charge >= 0.3 is 0 Å². The lowest BCUT2D eigenvalue weighted by atomic mass is 9.70. The van der Waals surface area contributed by atoms with Gasteiger partial charge in [-0.25, -0.2) is 0 Å². The van der Waals surface area contributed by atoms with E-state index in [9.17, 15) is 0 Å². The molecule has 2 atom stereocenters. The highest BCUT2D eigenvalue weighted by Crippen LogP contribution is 2.40. The zero-order chi connectivity index (χ0) is 13.3. The smallest absolute Gasteiger partial charge is 0.0593 e. The highest BCUT2D eigenvalue weighted by atomic mass is 79.9. The van der Waals surface area contributed by atoms with Crippen molar-refractivity contribution in [1.82, 2.24) is 0 Å². The van der Waals surface area contributed by atoms with E-state index in [4.69, 9.17) is 11.6 Å². The Morgan fingerprint density at radius 1 is 1.39 bits per heavy atom. The largest absolute Gasteiger partial charge is 0.381 e. The molecule has 3 heteroatoms. The van der Waals surface area contributed by atoms with E-state index >= 15 is 0 Å². The first kappa shape index (κ1) is 14.2. The molecular weight excluding hydrogens is 310 g/mol. The first-order chi connectivity index (χ1) is 8.39. The molecule has 1 aromatic carbocycles. The Labute approximate surface area is 123 Å². The summed E-state index contributed by atoms with van der Waals surface area (Å²) in [4.78, 5) is 0. The van der Waals surface area contributed by atoms with E-state index in [2.05, 4.69) is 48.1 Å². The lowest BCUT2D eigenvalue weighted by Gasteiger charge is -2.40. The van der Waals surface area contributed by atoms with Gasteiger partial charge in [-0.05, 0) is 58.7 Å². The number of rotatable bonds is 2. The highest BCUT2D eigenvalue weighted by molar-refractivity contribution is 9.10. The summed E-state index contributed by atoms with van der Waals surface area (Å²) in [5.41, 5.74) is 1.60. The molecule has 2 unspecified atom stereocenters. The lowest BCUT2D eigenvalue weighted by Crippen LogP contribution is -2.36. The molecule has 100 valence electrons. The molecule has 0 aliphatic heterocycles. The van der Waals surface area contributed by atoms with E-state index in [1.54, 1.807) is 0 Å². The second kappa shape index (κ2) is 5.42. The SMILES string of the molecule is CC1CC(C)(C)CCC1Nc1cccc(Cl)c1Br. The average molecular weight is 331 g/mol. The number of hydrogen-bond acceptors (Lipinski definition) is 1. The van der Waals surface area contributed by atoms with Crippen LogP contribution < -0.4 is 5.32 Å². The molecule has 1 aliphatic carbocycles. The van der Waals surface area contributed by atoms with Crippen LogP contribution in [0.25, 0.3) is 0 Å². The van der Waals surface area contributed by atoms with Gasteiger partial charge in [-0.15, -0.1) is 0 Å². The van der Waals surface area contributed by atoms with Gasteiger partial charge in [-0.3, -0.25) is 0 Å². The zero-order valence-electron chi connectivity index (χ0n) is 11.3. The standard InChI is InChI=1S/C15H21BrClN/c1-10-9-15(2,3)8-7-12(10)18-13-6-4-5-11(17)14(13)16/h4-6,10,12,18H,7-9H2,1-3H3. The quantitative estimate of drug-likeness (QED) is 0.730. The van der Waals surface area contributed by atoms with Crippen LogP contribution >= 0.6 is 27.5 Å². The Kier molecular flexibility index (Phi) is 4.28. The molecule has 1 saturated carbocycles. The maximum Gasteiger partial charge on any atom is 0.0593 e. The van der Waals surface area contributed by atoms with Crippen molar-refractivity contribution in [2.45, 2.75) is 46.1 Å². The molecule has 1 aromatic rings. The maximum atomic E-state index is 6.13. The van der Waals surface area contributed by atoms with E-state index in [1.807, 2.05) is 12.1 Å². The van der Waals surface area contributed by atoms with Crippen LogP contribution in [0, 0.1) is 11.3 Å². The fraction of sp³-hybridized carbons (Fsp3) is 0.600. The molecular formula is C15H21BrClN. The Bertz CT molecular complexity index is 431. The van der Waals surface area contributed by atoms with E-state index in [0.29, 0.717) is 17.4 Å². The minimum Gasteiger partial charge on any atom is -0.381 e. The average Bonchev–Trinajstić information content (AvgIpc) is 2.27. The number of hydrogen-bond donors (Lipinski definition) is 1. The molecule has 2 rings (SSSR count). The van der Waals surface area contributed by atoms with Gasteiger partial charge in [0.1, 0.15) is 0 Å². The summed E-state index contributed by atoms with van der Waals surface area (Å²) >= 11 is 9.68. The second-order valence-corrected chi connectivity index (χ2v) is 7.44. The Morgan fingerprint density at radius 3 is 2.78 bits per heavy atom. The molecule has 0 bridgehead atoms. The zero-order valence-corrected chi connectivity index (χ0v) is 13.6. The van der Waals surface area contributed by atoms with Crippen molar-refractivity contribution in [3.8, 4) is 0 Å². The normalized spacial score (nSPS) is 26.9. The van der Waals surface area contributed by atoms with Crippen LogP contribution in [0.2, 0.25) is 5.02 Å². The first-order valence-corrected chi connectivity index (χ1v) is 7.77. The third-order valence-electron chi connectivity index (χ3n) is 3.99. The van der Waals surface area contributed by atoms with E-state index < -0.39 is 0 Å². The molecule has 18 heavy (non-hydrogen) atoms. The molecule has 0 aromatic heterocycles. The van der Waals surface area contributed by atoms with E-state index in [1.165, 1.54) is 19.3 Å². The number of nitrogens with one attached hydrogen (secondary N) is 1. The van der Waals surface area contributed by atoms with Gasteiger partial charge < -0.3 is 5.32 Å². The number of benzene rings is 1. The van der Waals surface area contributed by atoms with Crippen molar-refractivity contribution in [1.29, 1.82) is 0 Å². The van der Waals surface area contributed by atoms with Gasteiger partial charge in [0.25, 0.3) is 0 Å². The number of halogens is 2. The summed E-state index contributed by atoms with van der Waals surface area (Å²) < 4.78 is 0.976. The molecule has 1 fully saturated rings. The van der Waals surface area contributed by atoms with Crippen molar-refractivity contribution < 1.29 is 0 Å². The molecule has 0 heterocycles. The van der Waals surface area contributed by atoms with E-state index in [-0.39, 0.29) is 0 Å². The van der Waals surface area contributed by atoms with Gasteiger partial charge in [-0.2, -0.15) is 0 Å². The Balaban J connectivity index is 2.08. The van der Waals surface area contributed by atoms with Crippen molar-refractivity contribution in [2.24, 2.45) is 11.3 Å². The molecule has 0 radical (unpaired) electrons. The fourth-order valence-corrected chi connectivity index (χ4v) is 3.53. The molecule has 0 saturated heterocycles. The van der Waals surface area contributed by atoms with Crippen LogP contribution in [0.1, 0.15) is 40.0 Å². The Morgan fingerprint density at radius 2 is 2.11 bits per heavy atom. The monoisotopic (exact) mass is 329 g/mol. The number of anilines is 1. The fourth-order valence-electron chi connectivity index (χ4n) is 2.98. The van der Waals surface area contributed by atoms with Crippen LogP contribution in [0.4, 0.5) is 5.69 Å².